The molecule has 108 valence electrons. The third-order valence-corrected chi connectivity index (χ3v) is 3.60. The van der Waals surface area contributed by atoms with Crippen LogP contribution in [0.15, 0.2) is 4.52 Å². The van der Waals surface area contributed by atoms with Gasteiger partial charge in [-0.05, 0) is 27.7 Å². The highest BCUT2D eigenvalue weighted by Gasteiger charge is 2.43. The van der Waals surface area contributed by atoms with E-state index in [0.29, 0.717) is 17.0 Å². The molecule has 0 bridgehead atoms. The van der Waals surface area contributed by atoms with Crippen LogP contribution in [-0.4, -0.2) is 39.9 Å². The van der Waals surface area contributed by atoms with Gasteiger partial charge >= 0.3 is 0 Å². The van der Waals surface area contributed by atoms with Crippen LogP contribution in [0, 0.1) is 13.8 Å². The van der Waals surface area contributed by atoms with Crippen molar-refractivity contribution in [3.63, 3.8) is 0 Å². The second kappa shape index (κ2) is 4.73. The summed E-state index contributed by atoms with van der Waals surface area (Å²) in [6, 6.07) is 0. The van der Waals surface area contributed by atoms with E-state index in [-0.39, 0.29) is 18.9 Å². The van der Waals surface area contributed by atoms with Crippen molar-refractivity contribution in [3.05, 3.63) is 17.0 Å². The third-order valence-electron chi connectivity index (χ3n) is 3.60. The Kier molecular flexibility index (Phi) is 3.37. The summed E-state index contributed by atoms with van der Waals surface area (Å²) in [7, 11) is 0. The number of carbonyl (C=O) groups excluding carboxylic acids is 3. The van der Waals surface area contributed by atoms with Crippen LogP contribution in [0.3, 0.4) is 0 Å². The fraction of sp³-hybridized carbons (Fsp3) is 0.538. The Hall–Kier alpha value is -2.18. The summed E-state index contributed by atoms with van der Waals surface area (Å²) in [4.78, 5) is 37.0. The zero-order valence-corrected chi connectivity index (χ0v) is 11.9. The van der Waals surface area contributed by atoms with E-state index in [9.17, 15) is 14.4 Å². The number of imide groups is 1. The van der Waals surface area contributed by atoms with Crippen LogP contribution in [0.2, 0.25) is 0 Å². The molecule has 1 aliphatic heterocycles. The molecule has 20 heavy (non-hydrogen) atoms. The molecular weight excluding hydrogens is 262 g/mol. The van der Waals surface area contributed by atoms with Gasteiger partial charge in [-0.25, -0.2) is 0 Å². The summed E-state index contributed by atoms with van der Waals surface area (Å²) in [5.41, 5.74) is 0.287. The standard InChI is InChI=1S/C13H17N3O4/c1-7-9(8(2)20-15-7)5-11(18)16-6-10(17)14-12(19)13(16,3)4/h5-6H2,1-4H3,(H,14,17,19). The Labute approximate surface area is 116 Å². The maximum atomic E-state index is 12.4. The molecule has 0 unspecified atom stereocenters. The van der Waals surface area contributed by atoms with E-state index in [4.69, 9.17) is 4.52 Å². The first-order chi connectivity index (χ1) is 9.23. The van der Waals surface area contributed by atoms with Crippen LogP contribution in [0.4, 0.5) is 0 Å². The highest BCUT2D eigenvalue weighted by atomic mass is 16.5. The van der Waals surface area contributed by atoms with Gasteiger partial charge in [0.25, 0.3) is 5.91 Å². The first-order valence-corrected chi connectivity index (χ1v) is 6.30. The van der Waals surface area contributed by atoms with E-state index in [1.54, 1.807) is 27.7 Å². The molecule has 1 fully saturated rings. The lowest BCUT2D eigenvalue weighted by Crippen LogP contribution is -2.65. The quantitative estimate of drug-likeness (QED) is 0.775. The van der Waals surface area contributed by atoms with Crippen LogP contribution in [0.25, 0.3) is 0 Å². The third kappa shape index (κ3) is 2.31. The number of nitrogens with one attached hydrogen (secondary N) is 1. The van der Waals surface area contributed by atoms with Gasteiger partial charge in [-0.3, -0.25) is 19.7 Å². The minimum absolute atomic E-state index is 0.0607. The zero-order chi connectivity index (χ0) is 15.1. The molecular formula is C13H17N3O4. The Morgan fingerprint density at radius 1 is 1.40 bits per heavy atom. The normalized spacial score (nSPS) is 18.1. The number of carbonyl (C=O) groups is 3. The number of aryl methyl sites for hydroxylation is 2. The highest BCUT2D eigenvalue weighted by molar-refractivity contribution is 6.06. The van der Waals surface area contributed by atoms with Crippen molar-refractivity contribution >= 4 is 17.7 Å². The van der Waals surface area contributed by atoms with E-state index >= 15 is 0 Å². The van der Waals surface area contributed by atoms with Crippen LogP contribution in [0.5, 0.6) is 0 Å². The molecule has 7 heteroatoms. The smallest absolute Gasteiger partial charge is 0.252 e. The van der Waals surface area contributed by atoms with Crippen LogP contribution >= 0.6 is 0 Å². The van der Waals surface area contributed by atoms with Crippen LogP contribution < -0.4 is 5.32 Å². The molecule has 0 radical (unpaired) electrons. The predicted molar refractivity (Wildman–Crippen MR) is 68.6 cm³/mol. The first kappa shape index (κ1) is 14.2. The largest absolute Gasteiger partial charge is 0.361 e. The topological polar surface area (TPSA) is 92.5 Å². The van der Waals surface area contributed by atoms with Gasteiger partial charge in [0.05, 0.1) is 12.1 Å². The van der Waals surface area contributed by atoms with Crippen molar-refractivity contribution in [1.82, 2.24) is 15.4 Å². The van der Waals surface area contributed by atoms with Crippen LogP contribution in [-0.2, 0) is 20.8 Å². The molecule has 1 aliphatic rings. The van der Waals surface area contributed by atoms with Crippen molar-refractivity contribution in [2.24, 2.45) is 0 Å². The number of amides is 3. The average molecular weight is 279 g/mol. The summed E-state index contributed by atoms with van der Waals surface area (Å²) in [5.74, 6) is -0.670. The van der Waals surface area contributed by atoms with Gasteiger partial charge in [0, 0.05) is 5.56 Å². The van der Waals surface area contributed by atoms with Gasteiger partial charge in [-0.1, -0.05) is 5.16 Å². The second-order valence-electron chi connectivity index (χ2n) is 5.40. The molecule has 7 nitrogen and oxygen atoms in total. The van der Waals surface area contributed by atoms with E-state index in [2.05, 4.69) is 10.5 Å². The van der Waals surface area contributed by atoms with Gasteiger partial charge < -0.3 is 9.42 Å². The minimum Gasteiger partial charge on any atom is -0.361 e. The summed E-state index contributed by atoms with van der Waals surface area (Å²) < 4.78 is 5.01. The number of hydrogen-bond donors (Lipinski definition) is 1. The zero-order valence-electron chi connectivity index (χ0n) is 11.9. The summed E-state index contributed by atoms with van der Waals surface area (Å²) in [6.07, 6.45) is 0.0607. The van der Waals surface area contributed by atoms with Crippen molar-refractivity contribution in [2.75, 3.05) is 6.54 Å². The Balaban J connectivity index is 2.24. The van der Waals surface area contributed by atoms with Gasteiger partial charge in [0.15, 0.2) is 0 Å². The molecule has 1 N–H and O–H groups in total. The Morgan fingerprint density at radius 3 is 2.60 bits per heavy atom. The molecule has 2 heterocycles. The Bertz CT molecular complexity index is 569. The van der Waals surface area contributed by atoms with Crippen LogP contribution in [0.1, 0.15) is 30.9 Å². The van der Waals surface area contributed by atoms with Gasteiger partial charge in [0.2, 0.25) is 11.8 Å². The first-order valence-electron chi connectivity index (χ1n) is 6.30. The number of piperazine rings is 1. The predicted octanol–water partition coefficient (Wildman–Crippen LogP) is 0.0975. The Morgan fingerprint density at radius 2 is 2.05 bits per heavy atom. The number of aromatic nitrogens is 1. The molecule has 0 aliphatic carbocycles. The molecule has 3 amide bonds. The second-order valence-corrected chi connectivity index (χ2v) is 5.40. The van der Waals surface area contributed by atoms with Crippen molar-refractivity contribution < 1.29 is 18.9 Å². The molecule has 1 aromatic rings. The summed E-state index contributed by atoms with van der Waals surface area (Å²) in [5, 5.41) is 6.02. The number of rotatable bonds is 2. The molecule has 0 atom stereocenters. The van der Waals surface area contributed by atoms with E-state index < -0.39 is 17.4 Å². The maximum Gasteiger partial charge on any atom is 0.252 e. The summed E-state index contributed by atoms with van der Waals surface area (Å²) in [6.45, 7) is 6.57. The monoisotopic (exact) mass is 279 g/mol. The minimum atomic E-state index is -1.05. The van der Waals surface area contributed by atoms with Gasteiger partial charge in [0.1, 0.15) is 17.8 Å². The van der Waals surface area contributed by atoms with E-state index in [1.165, 1.54) is 4.90 Å². The highest BCUT2D eigenvalue weighted by Crippen LogP contribution is 2.21. The van der Waals surface area contributed by atoms with Gasteiger partial charge in [-0.15, -0.1) is 0 Å². The molecule has 0 spiro atoms. The molecule has 1 aromatic heterocycles. The SMILES string of the molecule is Cc1noc(C)c1CC(=O)N1CC(=O)NC(=O)C1(C)C. The number of hydrogen-bond acceptors (Lipinski definition) is 5. The lowest BCUT2D eigenvalue weighted by molar-refractivity contribution is -0.155. The fourth-order valence-corrected chi connectivity index (χ4v) is 2.18. The molecule has 0 aromatic carbocycles. The summed E-state index contributed by atoms with van der Waals surface area (Å²) >= 11 is 0. The lowest BCUT2D eigenvalue weighted by Gasteiger charge is -2.40. The molecule has 1 saturated heterocycles. The average Bonchev–Trinajstić information content (AvgIpc) is 2.65. The fourth-order valence-electron chi connectivity index (χ4n) is 2.18. The lowest BCUT2D eigenvalue weighted by atomic mass is 9.97. The maximum absolute atomic E-state index is 12.4. The van der Waals surface area contributed by atoms with Gasteiger partial charge in [-0.2, -0.15) is 0 Å². The van der Waals surface area contributed by atoms with E-state index in [0.717, 1.165) is 0 Å². The van der Waals surface area contributed by atoms with Crippen molar-refractivity contribution in [3.8, 4) is 0 Å². The van der Waals surface area contributed by atoms with E-state index in [1.807, 2.05) is 0 Å². The molecule has 0 saturated carbocycles. The molecule has 2 rings (SSSR count). The number of nitrogens with zero attached hydrogens (tertiary/aromatic N) is 2. The van der Waals surface area contributed by atoms with Crippen molar-refractivity contribution in [1.29, 1.82) is 0 Å². The van der Waals surface area contributed by atoms with Crippen molar-refractivity contribution in [2.45, 2.75) is 39.7 Å².